The van der Waals surface area contributed by atoms with Gasteiger partial charge in [-0.25, -0.2) is 8.42 Å². The highest BCUT2D eigenvalue weighted by atomic mass is 32.2. The summed E-state index contributed by atoms with van der Waals surface area (Å²) in [5, 5.41) is 10.8. The average molecular weight is 358 g/mol. The Kier molecular flexibility index (Phi) is 5.85. The Morgan fingerprint density at radius 2 is 1.76 bits per heavy atom. The minimum atomic E-state index is -3.89. The lowest BCUT2D eigenvalue weighted by Gasteiger charge is -2.15. The van der Waals surface area contributed by atoms with Crippen LogP contribution in [0.2, 0.25) is 0 Å². The number of ether oxygens (including phenoxy) is 1. The SMILES string of the molecule is COc1cccc(C(O)C(=C=C(C)C)S(=O)(=O)c2ccc(C)cc2)c1. The Balaban J connectivity index is 2.60. The fraction of sp³-hybridized carbons (Fsp3) is 0.250. The second kappa shape index (κ2) is 7.70. The van der Waals surface area contributed by atoms with E-state index in [0.29, 0.717) is 16.9 Å². The summed E-state index contributed by atoms with van der Waals surface area (Å²) in [6, 6.07) is 13.2. The third kappa shape index (κ3) is 4.40. The first kappa shape index (κ1) is 19.0. The fourth-order valence-corrected chi connectivity index (χ4v) is 3.85. The molecule has 0 bridgehead atoms. The molecule has 25 heavy (non-hydrogen) atoms. The van der Waals surface area contributed by atoms with Crippen molar-refractivity contribution in [2.75, 3.05) is 7.11 Å². The molecule has 0 saturated heterocycles. The van der Waals surface area contributed by atoms with Crippen LogP contribution in [0.15, 0.2) is 69.6 Å². The van der Waals surface area contributed by atoms with Crippen molar-refractivity contribution in [3.8, 4) is 5.75 Å². The molecule has 0 aliphatic rings. The van der Waals surface area contributed by atoms with Crippen LogP contribution in [-0.2, 0) is 9.84 Å². The molecule has 5 heteroatoms. The molecule has 1 N–H and O–H groups in total. The van der Waals surface area contributed by atoms with Crippen LogP contribution in [0.1, 0.15) is 31.1 Å². The number of hydrogen-bond donors (Lipinski definition) is 1. The molecule has 0 aliphatic heterocycles. The highest BCUT2D eigenvalue weighted by molar-refractivity contribution is 7.95. The largest absolute Gasteiger partial charge is 0.497 e. The Morgan fingerprint density at radius 1 is 1.12 bits per heavy atom. The smallest absolute Gasteiger partial charge is 0.212 e. The quantitative estimate of drug-likeness (QED) is 0.822. The van der Waals surface area contributed by atoms with E-state index in [1.807, 2.05) is 6.92 Å². The van der Waals surface area contributed by atoms with Crippen molar-refractivity contribution < 1.29 is 18.3 Å². The molecule has 0 spiro atoms. The maximum atomic E-state index is 13.0. The molecule has 132 valence electrons. The molecule has 0 heterocycles. The number of aryl methyl sites for hydroxylation is 1. The average Bonchev–Trinajstić information content (AvgIpc) is 2.59. The van der Waals surface area contributed by atoms with Crippen LogP contribution in [-0.4, -0.2) is 20.6 Å². The number of methoxy groups -OCH3 is 1. The van der Waals surface area contributed by atoms with Gasteiger partial charge in [-0.05, 0) is 56.2 Å². The highest BCUT2D eigenvalue weighted by Gasteiger charge is 2.28. The summed E-state index contributed by atoms with van der Waals surface area (Å²) >= 11 is 0. The van der Waals surface area contributed by atoms with Crippen molar-refractivity contribution in [1.29, 1.82) is 0 Å². The van der Waals surface area contributed by atoms with E-state index >= 15 is 0 Å². The van der Waals surface area contributed by atoms with Crippen molar-refractivity contribution in [3.63, 3.8) is 0 Å². The van der Waals surface area contributed by atoms with Gasteiger partial charge in [0.25, 0.3) is 0 Å². The van der Waals surface area contributed by atoms with Crippen LogP contribution in [0.4, 0.5) is 0 Å². The lowest BCUT2D eigenvalue weighted by Crippen LogP contribution is -2.12. The molecule has 2 aromatic rings. The van der Waals surface area contributed by atoms with Crippen LogP contribution in [0.25, 0.3) is 0 Å². The molecule has 0 aliphatic carbocycles. The number of hydrogen-bond acceptors (Lipinski definition) is 4. The predicted molar refractivity (Wildman–Crippen MR) is 98.2 cm³/mol. The van der Waals surface area contributed by atoms with E-state index in [0.717, 1.165) is 5.56 Å². The summed E-state index contributed by atoms with van der Waals surface area (Å²) in [5.41, 5.74) is 4.87. The summed E-state index contributed by atoms with van der Waals surface area (Å²) in [7, 11) is -2.37. The van der Waals surface area contributed by atoms with Crippen molar-refractivity contribution in [3.05, 3.63) is 75.9 Å². The maximum absolute atomic E-state index is 13.0. The molecular formula is C20H22O4S. The summed E-state index contributed by atoms with van der Waals surface area (Å²) in [6.45, 7) is 5.36. The third-order valence-electron chi connectivity index (χ3n) is 3.65. The predicted octanol–water partition coefficient (Wildman–Crippen LogP) is 3.96. The lowest BCUT2D eigenvalue weighted by atomic mass is 10.1. The Hall–Kier alpha value is -2.33. The normalized spacial score (nSPS) is 12.2. The van der Waals surface area contributed by atoms with E-state index in [1.54, 1.807) is 50.2 Å². The summed E-state index contributed by atoms with van der Waals surface area (Å²) in [4.78, 5) is -0.0478. The van der Waals surface area contributed by atoms with Crippen molar-refractivity contribution in [2.24, 2.45) is 0 Å². The van der Waals surface area contributed by atoms with Gasteiger partial charge in [-0.3, -0.25) is 0 Å². The lowest BCUT2D eigenvalue weighted by molar-refractivity contribution is 0.223. The van der Waals surface area contributed by atoms with Gasteiger partial charge in [0, 0.05) is 0 Å². The maximum Gasteiger partial charge on any atom is 0.212 e. The van der Waals surface area contributed by atoms with E-state index in [2.05, 4.69) is 5.73 Å². The molecule has 0 aromatic heterocycles. The van der Waals surface area contributed by atoms with Gasteiger partial charge in [0.15, 0.2) is 0 Å². The number of sulfone groups is 1. The van der Waals surface area contributed by atoms with Crippen LogP contribution >= 0.6 is 0 Å². The first-order valence-electron chi connectivity index (χ1n) is 7.83. The monoisotopic (exact) mass is 358 g/mol. The number of rotatable bonds is 5. The molecule has 0 fully saturated rings. The van der Waals surface area contributed by atoms with Crippen molar-refractivity contribution in [1.82, 2.24) is 0 Å². The first-order valence-corrected chi connectivity index (χ1v) is 9.32. The fourth-order valence-electron chi connectivity index (χ4n) is 2.34. The molecule has 2 aromatic carbocycles. The summed E-state index contributed by atoms with van der Waals surface area (Å²) in [6.07, 6.45) is -1.34. The summed E-state index contributed by atoms with van der Waals surface area (Å²) in [5.74, 6) is 0.542. The Labute approximate surface area is 149 Å². The standard InChI is InChI=1S/C20H22O4S/c1-14(2)12-19(20(21)16-6-5-7-17(13-16)24-4)25(22,23)18-10-8-15(3)9-11-18/h5-11,13,20-21H,1-4H3. The molecule has 0 radical (unpaired) electrons. The molecule has 0 saturated carbocycles. The second-order valence-electron chi connectivity index (χ2n) is 5.98. The van der Waals surface area contributed by atoms with Gasteiger partial charge < -0.3 is 9.84 Å². The molecule has 1 unspecified atom stereocenters. The van der Waals surface area contributed by atoms with E-state index in [-0.39, 0.29) is 9.80 Å². The number of aliphatic hydroxyl groups is 1. The second-order valence-corrected chi connectivity index (χ2v) is 7.90. The van der Waals surface area contributed by atoms with Crippen molar-refractivity contribution in [2.45, 2.75) is 31.8 Å². The third-order valence-corrected chi connectivity index (χ3v) is 5.45. The molecule has 0 amide bonds. The Bertz CT molecular complexity index is 914. The van der Waals surface area contributed by atoms with Gasteiger partial charge in [0.05, 0.1) is 12.0 Å². The zero-order chi connectivity index (χ0) is 18.6. The minimum Gasteiger partial charge on any atom is -0.497 e. The van der Waals surface area contributed by atoms with Gasteiger partial charge in [0.2, 0.25) is 9.84 Å². The van der Waals surface area contributed by atoms with Gasteiger partial charge in [-0.2, -0.15) is 0 Å². The minimum absolute atomic E-state index is 0.129. The van der Waals surface area contributed by atoms with Gasteiger partial charge >= 0.3 is 0 Å². The van der Waals surface area contributed by atoms with E-state index in [1.165, 1.54) is 19.2 Å². The molecular weight excluding hydrogens is 336 g/mol. The van der Waals surface area contributed by atoms with Crippen LogP contribution in [0.5, 0.6) is 5.75 Å². The molecule has 1 atom stereocenters. The van der Waals surface area contributed by atoms with Gasteiger partial charge in [0.1, 0.15) is 16.8 Å². The van der Waals surface area contributed by atoms with Gasteiger partial charge in [-0.15, -0.1) is 5.73 Å². The Morgan fingerprint density at radius 3 is 2.32 bits per heavy atom. The highest BCUT2D eigenvalue weighted by Crippen LogP contribution is 2.32. The first-order chi connectivity index (χ1) is 11.8. The van der Waals surface area contributed by atoms with Crippen LogP contribution in [0.3, 0.4) is 0 Å². The van der Waals surface area contributed by atoms with E-state index < -0.39 is 15.9 Å². The molecule has 4 nitrogen and oxygen atoms in total. The topological polar surface area (TPSA) is 63.6 Å². The number of aliphatic hydroxyl groups excluding tert-OH is 1. The number of benzene rings is 2. The zero-order valence-electron chi connectivity index (χ0n) is 14.8. The van der Waals surface area contributed by atoms with E-state index in [9.17, 15) is 13.5 Å². The van der Waals surface area contributed by atoms with Gasteiger partial charge in [-0.1, -0.05) is 29.8 Å². The van der Waals surface area contributed by atoms with Crippen molar-refractivity contribution >= 4 is 9.84 Å². The van der Waals surface area contributed by atoms with Crippen LogP contribution in [0, 0.1) is 6.92 Å². The van der Waals surface area contributed by atoms with Crippen LogP contribution < -0.4 is 4.74 Å². The molecule has 2 rings (SSSR count). The van der Waals surface area contributed by atoms with E-state index in [4.69, 9.17) is 4.74 Å². The zero-order valence-corrected chi connectivity index (χ0v) is 15.6. The summed E-state index contributed by atoms with van der Waals surface area (Å²) < 4.78 is 31.2.